The van der Waals surface area contributed by atoms with Gasteiger partial charge in [-0.3, -0.25) is 9.36 Å². The SMILES string of the molecule is CN(C)CCn1c([C@@H]2CCCNC2)nc2cc(Cl)c(Cl)cc2c1=O.O=C(O)C(F)(F)F. The maximum atomic E-state index is 13.1. The van der Waals surface area contributed by atoms with Crippen LogP contribution in [-0.4, -0.2) is 65.4 Å². The number of carboxylic acid groups (broad SMARTS) is 1. The molecule has 2 aromatic rings. The van der Waals surface area contributed by atoms with Crippen LogP contribution >= 0.6 is 23.2 Å². The summed E-state index contributed by atoms with van der Waals surface area (Å²) in [6.45, 7) is 3.26. The Morgan fingerprint density at radius 1 is 1.32 bits per heavy atom. The molecule has 1 aromatic heterocycles. The summed E-state index contributed by atoms with van der Waals surface area (Å²) in [7, 11) is 4.00. The zero-order chi connectivity index (χ0) is 23.3. The van der Waals surface area contributed by atoms with Gasteiger partial charge < -0.3 is 15.3 Å². The first-order valence-corrected chi connectivity index (χ1v) is 10.2. The highest BCUT2D eigenvalue weighted by Crippen LogP contribution is 2.28. The molecule has 2 heterocycles. The lowest BCUT2D eigenvalue weighted by molar-refractivity contribution is -0.192. The lowest BCUT2D eigenvalue weighted by Crippen LogP contribution is -2.36. The number of carboxylic acids is 1. The van der Waals surface area contributed by atoms with Crippen LogP contribution in [0, 0.1) is 0 Å². The van der Waals surface area contributed by atoms with E-state index < -0.39 is 12.1 Å². The van der Waals surface area contributed by atoms with Gasteiger partial charge in [0, 0.05) is 25.6 Å². The van der Waals surface area contributed by atoms with Crippen LogP contribution in [0.5, 0.6) is 0 Å². The number of rotatable bonds is 4. The van der Waals surface area contributed by atoms with Crippen LogP contribution in [0.4, 0.5) is 13.2 Å². The number of aliphatic carboxylic acids is 1. The van der Waals surface area contributed by atoms with E-state index in [0.29, 0.717) is 27.5 Å². The van der Waals surface area contributed by atoms with Crippen LogP contribution in [0.2, 0.25) is 10.0 Å². The van der Waals surface area contributed by atoms with Crippen molar-refractivity contribution in [3.63, 3.8) is 0 Å². The number of piperidine rings is 1. The van der Waals surface area contributed by atoms with Gasteiger partial charge in [0.2, 0.25) is 0 Å². The molecule has 1 fully saturated rings. The molecule has 0 bridgehead atoms. The van der Waals surface area contributed by atoms with Crippen LogP contribution in [0.15, 0.2) is 16.9 Å². The third-order valence-electron chi connectivity index (χ3n) is 4.70. The molecule has 0 amide bonds. The molecule has 7 nitrogen and oxygen atoms in total. The molecule has 31 heavy (non-hydrogen) atoms. The lowest BCUT2D eigenvalue weighted by Gasteiger charge is -2.26. The van der Waals surface area contributed by atoms with E-state index in [1.165, 1.54) is 0 Å². The average molecular weight is 483 g/mol. The normalized spacial score (nSPS) is 16.8. The molecule has 0 unspecified atom stereocenters. The zero-order valence-electron chi connectivity index (χ0n) is 17.0. The predicted molar refractivity (Wildman–Crippen MR) is 113 cm³/mol. The smallest absolute Gasteiger partial charge is 0.475 e. The number of hydrogen-bond acceptors (Lipinski definition) is 5. The zero-order valence-corrected chi connectivity index (χ0v) is 18.5. The molecule has 0 spiro atoms. The molecule has 2 N–H and O–H groups in total. The minimum atomic E-state index is -5.08. The largest absolute Gasteiger partial charge is 0.490 e. The van der Waals surface area contributed by atoms with Crippen LogP contribution in [0.25, 0.3) is 10.9 Å². The van der Waals surface area contributed by atoms with Crippen molar-refractivity contribution in [3.05, 3.63) is 38.4 Å². The standard InChI is InChI=1S/C17H22Cl2N4O.C2HF3O2/c1-22(2)6-7-23-16(11-4-3-5-20-10-11)21-15-9-14(19)13(18)8-12(15)17(23)24;3-2(4,5)1(6)7/h8-9,11,20H,3-7,10H2,1-2H3;(H,6,7)/t11-;/m1./s1. The van der Waals surface area contributed by atoms with Crippen molar-refractivity contribution in [2.75, 3.05) is 33.7 Å². The van der Waals surface area contributed by atoms with Crippen molar-refractivity contribution in [1.29, 1.82) is 0 Å². The molecular weight excluding hydrogens is 460 g/mol. The number of halogens is 5. The number of nitrogens with one attached hydrogen (secondary N) is 1. The van der Waals surface area contributed by atoms with Gasteiger partial charge in [0.25, 0.3) is 5.56 Å². The Balaban J connectivity index is 0.000000423. The van der Waals surface area contributed by atoms with Crippen LogP contribution in [-0.2, 0) is 11.3 Å². The number of benzene rings is 1. The Hall–Kier alpha value is -1.88. The fourth-order valence-corrected chi connectivity index (χ4v) is 3.45. The van der Waals surface area contributed by atoms with Gasteiger partial charge in [-0.15, -0.1) is 0 Å². The molecule has 1 aliphatic rings. The van der Waals surface area contributed by atoms with E-state index in [4.69, 9.17) is 38.1 Å². The highest BCUT2D eigenvalue weighted by atomic mass is 35.5. The molecule has 1 aromatic carbocycles. The van der Waals surface area contributed by atoms with Crippen LogP contribution in [0.1, 0.15) is 24.6 Å². The van der Waals surface area contributed by atoms with Gasteiger partial charge >= 0.3 is 12.1 Å². The minimum absolute atomic E-state index is 0.0407. The maximum absolute atomic E-state index is 13.1. The lowest BCUT2D eigenvalue weighted by atomic mass is 9.98. The summed E-state index contributed by atoms with van der Waals surface area (Å²) in [5, 5.41) is 11.9. The first-order chi connectivity index (χ1) is 14.4. The summed E-state index contributed by atoms with van der Waals surface area (Å²) in [5.74, 6) is -1.67. The first-order valence-electron chi connectivity index (χ1n) is 9.47. The summed E-state index contributed by atoms with van der Waals surface area (Å²) < 4.78 is 33.5. The molecule has 172 valence electrons. The second kappa shape index (κ2) is 10.6. The third-order valence-corrected chi connectivity index (χ3v) is 5.42. The number of fused-ring (bicyclic) bond motifs is 1. The summed E-state index contributed by atoms with van der Waals surface area (Å²) in [6, 6.07) is 3.32. The van der Waals surface area contributed by atoms with Crippen molar-refractivity contribution in [2.45, 2.75) is 31.5 Å². The molecule has 0 aliphatic carbocycles. The summed E-state index contributed by atoms with van der Waals surface area (Å²) in [4.78, 5) is 28.8. The minimum Gasteiger partial charge on any atom is -0.475 e. The molecular formula is C19H23Cl2F3N4O3. The van der Waals surface area contributed by atoms with Gasteiger partial charge in [-0.2, -0.15) is 13.2 Å². The number of nitrogens with zero attached hydrogens (tertiary/aromatic N) is 3. The van der Waals surface area contributed by atoms with Gasteiger partial charge in [0.15, 0.2) is 0 Å². The van der Waals surface area contributed by atoms with E-state index in [2.05, 4.69) is 10.2 Å². The van der Waals surface area contributed by atoms with E-state index in [-0.39, 0.29) is 11.5 Å². The average Bonchev–Trinajstić information content (AvgIpc) is 2.69. The molecule has 1 aliphatic heterocycles. The fourth-order valence-electron chi connectivity index (χ4n) is 3.13. The summed E-state index contributed by atoms with van der Waals surface area (Å²) >= 11 is 12.2. The monoisotopic (exact) mass is 482 g/mol. The first kappa shape index (κ1) is 25.4. The van der Waals surface area contributed by atoms with Crippen molar-refractivity contribution in [2.24, 2.45) is 0 Å². The maximum Gasteiger partial charge on any atom is 0.490 e. The summed E-state index contributed by atoms with van der Waals surface area (Å²) in [6.07, 6.45) is -2.96. The van der Waals surface area contributed by atoms with Gasteiger partial charge in [0.05, 0.1) is 20.9 Å². The number of carbonyl (C=O) groups is 1. The Morgan fingerprint density at radius 3 is 2.45 bits per heavy atom. The Labute approximate surface area is 186 Å². The van der Waals surface area contributed by atoms with Gasteiger partial charge in [0.1, 0.15) is 5.82 Å². The van der Waals surface area contributed by atoms with Crippen molar-refractivity contribution in [1.82, 2.24) is 19.8 Å². The van der Waals surface area contributed by atoms with Gasteiger partial charge in [-0.05, 0) is 45.6 Å². The number of aromatic nitrogens is 2. The van der Waals surface area contributed by atoms with Gasteiger partial charge in [-0.25, -0.2) is 9.78 Å². The van der Waals surface area contributed by atoms with Crippen molar-refractivity contribution >= 4 is 40.1 Å². The molecule has 12 heteroatoms. The Kier molecular flexibility index (Phi) is 8.70. The Morgan fingerprint density at radius 2 is 1.94 bits per heavy atom. The van der Waals surface area contributed by atoms with Crippen molar-refractivity contribution < 1.29 is 23.1 Å². The molecule has 0 saturated carbocycles. The van der Waals surface area contributed by atoms with Crippen LogP contribution in [0.3, 0.4) is 0 Å². The summed E-state index contributed by atoms with van der Waals surface area (Å²) in [5.41, 5.74) is 0.581. The fraction of sp³-hybridized carbons (Fsp3) is 0.526. The predicted octanol–water partition coefficient (Wildman–Crippen LogP) is 3.37. The van der Waals surface area contributed by atoms with Gasteiger partial charge in [-0.1, -0.05) is 23.2 Å². The molecule has 3 rings (SSSR count). The third kappa shape index (κ3) is 6.80. The molecule has 1 atom stereocenters. The number of alkyl halides is 3. The highest BCUT2D eigenvalue weighted by molar-refractivity contribution is 6.42. The second-order valence-corrected chi connectivity index (χ2v) is 8.17. The second-order valence-electron chi connectivity index (χ2n) is 7.36. The quantitative estimate of drug-likeness (QED) is 0.694. The van der Waals surface area contributed by atoms with E-state index in [1.807, 2.05) is 18.7 Å². The number of likely N-dealkylation sites (N-methyl/N-ethyl adjacent to an activating group) is 1. The van der Waals surface area contributed by atoms with E-state index in [0.717, 1.165) is 38.3 Å². The highest BCUT2D eigenvalue weighted by Gasteiger charge is 2.38. The van der Waals surface area contributed by atoms with Crippen LogP contribution < -0.4 is 10.9 Å². The van der Waals surface area contributed by atoms with E-state index >= 15 is 0 Å². The molecule has 1 saturated heterocycles. The Bertz CT molecular complexity index is 990. The topological polar surface area (TPSA) is 87.5 Å². The number of hydrogen-bond donors (Lipinski definition) is 2. The molecule has 0 radical (unpaired) electrons. The van der Waals surface area contributed by atoms with E-state index in [1.54, 1.807) is 12.1 Å². The van der Waals surface area contributed by atoms with E-state index in [9.17, 15) is 18.0 Å². The van der Waals surface area contributed by atoms with Crippen molar-refractivity contribution in [3.8, 4) is 0 Å².